The largest absolute Gasteiger partial charge is 0.241 e. The van der Waals surface area contributed by atoms with E-state index in [1.165, 1.54) is 5.56 Å². The first kappa shape index (κ1) is 6.53. The van der Waals surface area contributed by atoms with Crippen LogP contribution < -0.4 is 0 Å². The summed E-state index contributed by atoms with van der Waals surface area (Å²) in [5.41, 5.74) is 2.32. The molecule has 2 rings (SSSR count). The average Bonchev–Trinajstić information content (AvgIpc) is 2.04. The van der Waals surface area contributed by atoms with Crippen molar-refractivity contribution in [1.82, 2.24) is 4.98 Å². The van der Waals surface area contributed by atoms with Gasteiger partial charge in [-0.3, -0.25) is 0 Å². The Kier molecular flexibility index (Phi) is 1.46. The lowest BCUT2D eigenvalue weighted by atomic mass is 10.1. The molecule has 0 radical (unpaired) electrons. The van der Waals surface area contributed by atoms with E-state index in [9.17, 15) is 0 Å². The van der Waals surface area contributed by atoms with Crippen molar-refractivity contribution in [2.45, 2.75) is 19.8 Å². The Morgan fingerprint density at radius 2 is 2.27 bits per heavy atom. The number of aromatic nitrogens is 1. The second-order valence-electron chi connectivity index (χ2n) is 2.79. The van der Waals surface area contributed by atoms with E-state index in [2.05, 4.69) is 16.0 Å². The number of fused-ring (bicyclic) bond motifs is 1. The maximum Gasteiger partial charge on any atom is 0.154 e. The van der Waals surface area contributed by atoms with E-state index in [1.807, 2.05) is 19.2 Å². The quantitative estimate of drug-likeness (QED) is 0.549. The zero-order valence-corrected chi connectivity index (χ0v) is 6.54. The van der Waals surface area contributed by atoms with Gasteiger partial charge in [0.15, 0.2) is 5.82 Å². The van der Waals surface area contributed by atoms with E-state index in [0.29, 0.717) is 0 Å². The number of aryl methyl sites for hydroxylation is 2. The summed E-state index contributed by atoms with van der Waals surface area (Å²) in [4.78, 5) is 8.53. The van der Waals surface area contributed by atoms with Gasteiger partial charge in [-0.2, -0.15) is 0 Å². The minimum atomic E-state index is 0.913. The molecular weight excluding hydrogens is 136 g/mol. The van der Waals surface area contributed by atoms with Crippen LogP contribution in [0.25, 0.3) is 0 Å². The molecule has 2 heteroatoms. The first-order chi connectivity index (χ1) is 5.36. The van der Waals surface area contributed by atoms with Crippen LogP contribution in [-0.4, -0.2) is 11.2 Å². The Balaban J connectivity index is 2.54. The Hall–Kier alpha value is -1.18. The predicted molar refractivity (Wildman–Crippen MR) is 45.4 cm³/mol. The Morgan fingerprint density at radius 1 is 1.36 bits per heavy atom. The molecular formula is C9H10N2. The van der Waals surface area contributed by atoms with E-state index in [-0.39, 0.29) is 0 Å². The van der Waals surface area contributed by atoms with Gasteiger partial charge in [0.25, 0.3) is 0 Å². The lowest BCUT2D eigenvalue weighted by molar-refractivity contribution is 0.989. The van der Waals surface area contributed by atoms with Crippen LogP contribution in [0.15, 0.2) is 17.1 Å². The molecule has 0 saturated carbocycles. The first-order valence-electron chi connectivity index (χ1n) is 3.85. The minimum absolute atomic E-state index is 0.913. The van der Waals surface area contributed by atoms with Crippen molar-refractivity contribution in [3.8, 4) is 0 Å². The van der Waals surface area contributed by atoms with E-state index in [4.69, 9.17) is 0 Å². The second kappa shape index (κ2) is 2.46. The molecule has 1 aromatic rings. The Morgan fingerprint density at radius 3 is 3.18 bits per heavy atom. The highest BCUT2D eigenvalue weighted by atomic mass is 14.9. The van der Waals surface area contributed by atoms with Gasteiger partial charge >= 0.3 is 0 Å². The molecule has 0 spiro atoms. The maximum absolute atomic E-state index is 4.32. The van der Waals surface area contributed by atoms with Crippen molar-refractivity contribution in [3.05, 3.63) is 23.4 Å². The van der Waals surface area contributed by atoms with Crippen LogP contribution in [0.5, 0.6) is 0 Å². The molecule has 0 saturated heterocycles. The summed E-state index contributed by atoms with van der Waals surface area (Å²) < 4.78 is 0. The van der Waals surface area contributed by atoms with Crippen molar-refractivity contribution in [3.63, 3.8) is 0 Å². The van der Waals surface area contributed by atoms with Gasteiger partial charge in [-0.05, 0) is 31.4 Å². The van der Waals surface area contributed by atoms with Gasteiger partial charge in [-0.1, -0.05) is 6.07 Å². The zero-order valence-electron chi connectivity index (χ0n) is 6.54. The normalized spacial score (nSPS) is 14.6. The fraction of sp³-hybridized carbons (Fsp3) is 0.333. The molecule has 1 aliphatic heterocycles. The predicted octanol–water partition coefficient (Wildman–Crippen LogP) is 2.04. The number of hydrogen-bond acceptors (Lipinski definition) is 2. The lowest BCUT2D eigenvalue weighted by Gasteiger charge is -2.07. The molecule has 1 aliphatic rings. The molecule has 2 heterocycles. The minimum Gasteiger partial charge on any atom is -0.241 e. The molecule has 0 N–H and O–H groups in total. The van der Waals surface area contributed by atoms with E-state index in [0.717, 1.165) is 24.4 Å². The smallest absolute Gasteiger partial charge is 0.154 e. The van der Waals surface area contributed by atoms with E-state index in [1.54, 1.807) is 0 Å². The van der Waals surface area contributed by atoms with Gasteiger partial charge < -0.3 is 0 Å². The number of hydrogen-bond donors (Lipinski definition) is 0. The Labute approximate surface area is 66.0 Å². The van der Waals surface area contributed by atoms with Crippen LogP contribution in [0, 0.1) is 6.92 Å². The molecule has 0 aromatic carbocycles. The zero-order chi connectivity index (χ0) is 7.68. The molecule has 56 valence electrons. The van der Waals surface area contributed by atoms with E-state index < -0.39 is 0 Å². The number of aliphatic imine (C=N–C) groups is 1. The van der Waals surface area contributed by atoms with Gasteiger partial charge in [0.1, 0.15) is 0 Å². The fourth-order valence-corrected chi connectivity index (χ4v) is 1.25. The summed E-state index contributed by atoms with van der Waals surface area (Å²) in [6.07, 6.45) is 4.08. The third-order valence-electron chi connectivity index (χ3n) is 1.85. The van der Waals surface area contributed by atoms with Gasteiger partial charge in [0, 0.05) is 11.9 Å². The van der Waals surface area contributed by atoms with Gasteiger partial charge in [-0.15, -0.1) is 0 Å². The van der Waals surface area contributed by atoms with Crippen LogP contribution in [-0.2, 0) is 6.42 Å². The third-order valence-corrected chi connectivity index (χ3v) is 1.85. The monoisotopic (exact) mass is 146 g/mol. The summed E-state index contributed by atoms with van der Waals surface area (Å²) in [5, 5.41) is 0. The van der Waals surface area contributed by atoms with Crippen LogP contribution in [0.2, 0.25) is 0 Å². The first-order valence-corrected chi connectivity index (χ1v) is 3.85. The highest BCUT2D eigenvalue weighted by Gasteiger charge is 2.05. The highest BCUT2D eigenvalue weighted by molar-refractivity contribution is 5.66. The summed E-state index contributed by atoms with van der Waals surface area (Å²) in [6, 6.07) is 4.16. The second-order valence-corrected chi connectivity index (χ2v) is 2.79. The van der Waals surface area contributed by atoms with Crippen molar-refractivity contribution >= 4 is 12.0 Å². The fourth-order valence-electron chi connectivity index (χ4n) is 1.25. The highest BCUT2D eigenvalue weighted by Crippen LogP contribution is 2.20. The Bertz CT molecular complexity index is 302. The van der Waals surface area contributed by atoms with Gasteiger partial charge in [0.2, 0.25) is 0 Å². The van der Waals surface area contributed by atoms with Crippen molar-refractivity contribution in [2.75, 3.05) is 0 Å². The molecule has 2 nitrogen and oxygen atoms in total. The SMILES string of the molecule is Cc1ccc2c(n1)N=CCC2. The lowest BCUT2D eigenvalue weighted by Crippen LogP contribution is -1.96. The van der Waals surface area contributed by atoms with Crippen LogP contribution in [0.1, 0.15) is 17.7 Å². The summed E-state index contributed by atoms with van der Waals surface area (Å²) in [7, 11) is 0. The molecule has 0 aliphatic carbocycles. The van der Waals surface area contributed by atoms with E-state index >= 15 is 0 Å². The molecule has 0 bridgehead atoms. The summed E-state index contributed by atoms with van der Waals surface area (Å²) in [5.74, 6) is 0.913. The van der Waals surface area contributed by atoms with Crippen LogP contribution >= 0.6 is 0 Å². The van der Waals surface area contributed by atoms with Gasteiger partial charge in [-0.25, -0.2) is 9.98 Å². The topological polar surface area (TPSA) is 25.2 Å². The maximum atomic E-state index is 4.32. The molecule has 0 atom stereocenters. The standard InChI is InChI=1S/C9H10N2/c1-7-4-5-8-3-2-6-10-9(8)11-7/h4-6H,2-3H2,1H3. The number of rotatable bonds is 0. The van der Waals surface area contributed by atoms with Crippen molar-refractivity contribution in [2.24, 2.45) is 4.99 Å². The van der Waals surface area contributed by atoms with Gasteiger partial charge in [0.05, 0.1) is 0 Å². The van der Waals surface area contributed by atoms with Crippen LogP contribution in [0.3, 0.4) is 0 Å². The molecule has 0 fully saturated rings. The summed E-state index contributed by atoms with van der Waals surface area (Å²) in [6.45, 7) is 1.99. The number of pyridine rings is 1. The molecule has 0 amide bonds. The summed E-state index contributed by atoms with van der Waals surface area (Å²) >= 11 is 0. The number of nitrogens with zero attached hydrogens (tertiary/aromatic N) is 2. The molecule has 0 unspecified atom stereocenters. The van der Waals surface area contributed by atoms with Crippen molar-refractivity contribution < 1.29 is 0 Å². The van der Waals surface area contributed by atoms with Crippen LogP contribution in [0.4, 0.5) is 5.82 Å². The molecule has 1 aromatic heterocycles. The third kappa shape index (κ3) is 1.16. The molecule has 11 heavy (non-hydrogen) atoms. The average molecular weight is 146 g/mol. The van der Waals surface area contributed by atoms with Crippen molar-refractivity contribution in [1.29, 1.82) is 0 Å².